The Balaban J connectivity index is 1.73. The zero-order valence-electron chi connectivity index (χ0n) is 15.2. The van der Waals surface area contributed by atoms with Crippen molar-refractivity contribution >= 4 is 50.5 Å². The van der Waals surface area contributed by atoms with Crippen molar-refractivity contribution in [3.8, 4) is 0 Å². The van der Waals surface area contributed by atoms with Crippen LogP contribution < -0.4 is 5.32 Å². The zero-order valence-corrected chi connectivity index (χ0v) is 18.3. The molecule has 10 heteroatoms. The van der Waals surface area contributed by atoms with E-state index in [9.17, 15) is 13.2 Å². The Bertz CT molecular complexity index is 936. The van der Waals surface area contributed by atoms with Crippen molar-refractivity contribution in [2.75, 3.05) is 32.8 Å². The van der Waals surface area contributed by atoms with Gasteiger partial charge in [0.2, 0.25) is 10.0 Å². The Morgan fingerprint density at radius 1 is 1.25 bits per heavy atom. The third-order valence-corrected chi connectivity index (χ3v) is 8.13. The van der Waals surface area contributed by atoms with Gasteiger partial charge in [-0.3, -0.25) is 4.79 Å². The molecule has 0 radical (unpaired) electrons. The van der Waals surface area contributed by atoms with Gasteiger partial charge in [0.25, 0.3) is 5.91 Å². The molecule has 3 rings (SSSR count). The summed E-state index contributed by atoms with van der Waals surface area (Å²) < 4.78 is 32.3. The lowest BCUT2D eigenvalue weighted by Gasteiger charge is -2.26. The predicted molar refractivity (Wildman–Crippen MR) is 111 cm³/mol. The van der Waals surface area contributed by atoms with Gasteiger partial charge in [0.15, 0.2) is 0 Å². The van der Waals surface area contributed by atoms with Crippen molar-refractivity contribution < 1.29 is 17.9 Å². The molecule has 1 N–H and O–H groups in total. The topological polar surface area (TPSA) is 75.7 Å². The third-order valence-electron chi connectivity index (χ3n) is 4.48. The first-order valence-corrected chi connectivity index (χ1v) is 11.8. The number of ether oxygens (including phenoxy) is 1. The van der Waals surface area contributed by atoms with Gasteiger partial charge >= 0.3 is 0 Å². The van der Waals surface area contributed by atoms with E-state index in [0.29, 0.717) is 23.3 Å². The van der Waals surface area contributed by atoms with E-state index < -0.39 is 15.9 Å². The van der Waals surface area contributed by atoms with Crippen LogP contribution in [-0.2, 0) is 14.8 Å². The largest absolute Gasteiger partial charge is 0.379 e. The summed E-state index contributed by atoms with van der Waals surface area (Å²) in [4.78, 5) is 12.9. The molecule has 0 bridgehead atoms. The summed E-state index contributed by atoms with van der Waals surface area (Å²) in [6, 6.07) is 6.72. The van der Waals surface area contributed by atoms with Crippen LogP contribution in [0.25, 0.3) is 0 Å². The van der Waals surface area contributed by atoms with Crippen LogP contribution in [0.4, 0.5) is 0 Å². The standard InChI is InChI=1S/C18H20Cl2N2O4S2/c1-12(16-13(19)3-2-4-14(16)20)11-21-18(23)17-15(5-10-27-17)28(24,25)22-6-8-26-9-7-22/h2-5,10,12H,6-9,11H2,1H3,(H,21,23). The van der Waals surface area contributed by atoms with Gasteiger partial charge in [-0.2, -0.15) is 4.31 Å². The molecule has 1 unspecified atom stereocenters. The smallest absolute Gasteiger partial charge is 0.262 e. The fourth-order valence-corrected chi connectivity index (χ4v) is 6.50. The number of halogens is 2. The molecule has 152 valence electrons. The average molecular weight is 463 g/mol. The minimum atomic E-state index is -3.74. The van der Waals surface area contributed by atoms with E-state index in [0.717, 1.165) is 16.9 Å². The van der Waals surface area contributed by atoms with E-state index in [-0.39, 0.29) is 35.3 Å². The number of carbonyl (C=O) groups is 1. The lowest BCUT2D eigenvalue weighted by Crippen LogP contribution is -2.41. The first kappa shape index (κ1) is 21.5. The summed E-state index contributed by atoms with van der Waals surface area (Å²) in [6.45, 7) is 3.43. The van der Waals surface area contributed by atoms with Crippen molar-refractivity contribution in [2.45, 2.75) is 17.7 Å². The lowest BCUT2D eigenvalue weighted by molar-refractivity contribution is 0.0730. The predicted octanol–water partition coefficient (Wildman–Crippen LogP) is 3.61. The number of hydrogen-bond donors (Lipinski definition) is 1. The maximum atomic E-state index is 12.9. The third kappa shape index (κ3) is 4.53. The second-order valence-electron chi connectivity index (χ2n) is 6.38. The van der Waals surface area contributed by atoms with Crippen LogP contribution in [0, 0.1) is 0 Å². The highest BCUT2D eigenvalue weighted by molar-refractivity contribution is 7.89. The minimum absolute atomic E-state index is 0.0281. The molecule has 1 aliphatic heterocycles. The molecule has 1 aliphatic rings. The zero-order chi connectivity index (χ0) is 20.3. The van der Waals surface area contributed by atoms with Gasteiger partial charge in [0.05, 0.1) is 13.2 Å². The van der Waals surface area contributed by atoms with E-state index in [1.54, 1.807) is 23.6 Å². The van der Waals surface area contributed by atoms with Crippen molar-refractivity contribution in [1.82, 2.24) is 9.62 Å². The lowest BCUT2D eigenvalue weighted by atomic mass is 10.0. The Morgan fingerprint density at radius 3 is 2.54 bits per heavy atom. The van der Waals surface area contributed by atoms with Crippen LogP contribution in [0.5, 0.6) is 0 Å². The molecule has 6 nitrogen and oxygen atoms in total. The van der Waals surface area contributed by atoms with Gasteiger partial charge < -0.3 is 10.1 Å². The fourth-order valence-electron chi connectivity index (χ4n) is 3.00. The number of nitrogens with one attached hydrogen (secondary N) is 1. The molecule has 0 spiro atoms. The number of thiophene rings is 1. The maximum Gasteiger partial charge on any atom is 0.262 e. The summed E-state index contributed by atoms with van der Waals surface area (Å²) >= 11 is 13.5. The Kier molecular flexibility index (Phi) is 7.01. The van der Waals surface area contributed by atoms with Gasteiger partial charge in [-0.05, 0) is 29.1 Å². The van der Waals surface area contributed by atoms with E-state index in [4.69, 9.17) is 27.9 Å². The van der Waals surface area contributed by atoms with Crippen LogP contribution in [0.3, 0.4) is 0 Å². The molecule has 0 saturated carbocycles. The fraction of sp³-hybridized carbons (Fsp3) is 0.389. The quantitative estimate of drug-likeness (QED) is 0.710. The average Bonchev–Trinajstić information content (AvgIpc) is 3.17. The van der Waals surface area contributed by atoms with Gasteiger partial charge in [-0.15, -0.1) is 11.3 Å². The molecule has 1 amide bonds. The molecule has 28 heavy (non-hydrogen) atoms. The highest BCUT2D eigenvalue weighted by Crippen LogP contribution is 2.31. The molecule has 2 aromatic rings. The molecule has 0 aliphatic carbocycles. The number of nitrogens with zero attached hydrogens (tertiary/aromatic N) is 1. The molecule has 1 atom stereocenters. The van der Waals surface area contributed by atoms with Crippen molar-refractivity contribution in [2.24, 2.45) is 0 Å². The van der Waals surface area contributed by atoms with Crippen LogP contribution in [0.2, 0.25) is 10.0 Å². The van der Waals surface area contributed by atoms with Crippen LogP contribution >= 0.6 is 34.5 Å². The van der Waals surface area contributed by atoms with E-state index >= 15 is 0 Å². The number of morpholine rings is 1. The van der Waals surface area contributed by atoms with Crippen molar-refractivity contribution in [3.05, 3.63) is 50.1 Å². The molecule has 1 saturated heterocycles. The minimum Gasteiger partial charge on any atom is -0.379 e. The Labute approximate surface area is 178 Å². The Hall–Kier alpha value is -1.16. The van der Waals surface area contributed by atoms with E-state index in [1.807, 2.05) is 6.92 Å². The first-order chi connectivity index (χ1) is 13.3. The van der Waals surface area contributed by atoms with Gasteiger partial charge in [-0.25, -0.2) is 8.42 Å². The maximum absolute atomic E-state index is 12.9. The van der Waals surface area contributed by atoms with Crippen LogP contribution in [0.15, 0.2) is 34.5 Å². The van der Waals surface area contributed by atoms with Gasteiger partial charge in [0, 0.05) is 35.6 Å². The molecule has 1 aromatic heterocycles. The van der Waals surface area contributed by atoms with Gasteiger partial charge in [-0.1, -0.05) is 36.2 Å². The summed E-state index contributed by atoms with van der Waals surface area (Å²) in [6.07, 6.45) is 0. The first-order valence-electron chi connectivity index (χ1n) is 8.70. The summed E-state index contributed by atoms with van der Waals surface area (Å²) in [5.74, 6) is -0.568. The normalized spacial score (nSPS) is 16.7. The number of carbonyl (C=O) groups excluding carboxylic acids is 1. The molecular formula is C18H20Cl2N2O4S2. The number of amides is 1. The van der Waals surface area contributed by atoms with E-state index in [2.05, 4.69) is 5.32 Å². The SMILES string of the molecule is CC(CNC(=O)c1sccc1S(=O)(=O)N1CCOCC1)c1c(Cl)cccc1Cl. The van der Waals surface area contributed by atoms with E-state index in [1.165, 1.54) is 10.4 Å². The van der Waals surface area contributed by atoms with Gasteiger partial charge in [0.1, 0.15) is 9.77 Å². The highest BCUT2D eigenvalue weighted by atomic mass is 35.5. The Morgan fingerprint density at radius 2 is 1.89 bits per heavy atom. The summed E-state index contributed by atoms with van der Waals surface area (Å²) in [7, 11) is -3.74. The molecule has 2 heterocycles. The van der Waals surface area contributed by atoms with Crippen molar-refractivity contribution in [1.29, 1.82) is 0 Å². The van der Waals surface area contributed by atoms with Crippen LogP contribution in [0.1, 0.15) is 28.1 Å². The number of rotatable bonds is 6. The van der Waals surface area contributed by atoms with Crippen LogP contribution in [-0.4, -0.2) is 51.5 Å². The number of benzene rings is 1. The number of hydrogen-bond acceptors (Lipinski definition) is 5. The highest BCUT2D eigenvalue weighted by Gasteiger charge is 2.31. The van der Waals surface area contributed by atoms with Crippen molar-refractivity contribution in [3.63, 3.8) is 0 Å². The molecular weight excluding hydrogens is 443 g/mol. The summed E-state index contributed by atoms with van der Waals surface area (Å²) in [5.41, 5.74) is 0.749. The molecule has 1 aromatic carbocycles. The second kappa shape index (κ2) is 9.11. The number of sulfonamides is 1. The molecule has 1 fully saturated rings. The monoisotopic (exact) mass is 462 g/mol. The summed E-state index contributed by atoms with van der Waals surface area (Å²) in [5, 5.41) is 5.46. The second-order valence-corrected chi connectivity index (χ2v) is 10.0.